The first kappa shape index (κ1) is 16.5. The number of urea groups is 1. The van der Waals surface area contributed by atoms with Crippen LogP contribution in [0.15, 0.2) is 22.7 Å². The molecule has 0 saturated carbocycles. The number of nitrogens with zero attached hydrogens (tertiary/aromatic N) is 3. The van der Waals surface area contributed by atoms with E-state index in [9.17, 15) is 9.59 Å². The van der Waals surface area contributed by atoms with Crippen LogP contribution in [0.25, 0.3) is 11.0 Å². The van der Waals surface area contributed by atoms with Gasteiger partial charge in [-0.1, -0.05) is 5.16 Å². The van der Waals surface area contributed by atoms with E-state index in [0.717, 1.165) is 37.4 Å². The van der Waals surface area contributed by atoms with Gasteiger partial charge < -0.3 is 14.7 Å². The lowest BCUT2D eigenvalue weighted by atomic mass is 10.2. The zero-order valence-electron chi connectivity index (χ0n) is 12.9. The topological polar surface area (TPSA) is 90.7 Å². The Morgan fingerprint density at radius 1 is 1.12 bits per heavy atom. The number of aromatic nitrogens is 1. The Hall–Kier alpha value is -2.32. The highest BCUT2D eigenvalue weighted by atomic mass is 35.5. The van der Waals surface area contributed by atoms with Crippen LogP contribution in [0, 0.1) is 0 Å². The first-order valence-corrected chi connectivity index (χ1v) is 7.69. The Kier molecular flexibility index (Phi) is 4.59. The largest absolute Gasteiger partial charge is 0.354 e. The maximum absolute atomic E-state index is 11.9. The Morgan fingerprint density at radius 2 is 1.92 bits per heavy atom. The number of carbonyl (C=O) groups is 2. The molecule has 2 aromatic rings. The van der Waals surface area contributed by atoms with Crippen molar-refractivity contribution in [1.29, 1.82) is 0 Å². The number of fused-ring (bicyclic) bond motifs is 1. The van der Waals surface area contributed by atoms with E-state index in [1.807, 2.05) is 12.1 Å². The molecular formula is C15H18ClN5O3. The lowest BCUT2D eigenvalue weighted by molar-refractivity contribution is -0.120. The van der Waals surface area contributed by atoms with Gasteiger partial charge in [0, 0.05) is 50.9 Å². The molecule has 4 rings (SSSR count). The highest BCUT2D eigenvalue weighted by Crippen LogP contribution is 2.30. The number of benzene rings is 1. The number of hydrogen-bond acceptors (Lipinski definition) is 6. The third-order valence-electron chi connectivity index (χ3n) is 4.22. The fraction of sp³-hybridized carbons (Fsp3) is 0.400. The van der Waals surface area contributed by atoms with Crippen molar-refractivity contribution in [2.75, 3.05) is 42.5 Å². The minimum Gasteiger partial charge on any atom is -0.354 e. The molecule has 8 nitrogen and oxygen atoms in total. The van der Waals surface area contributed by atoms with Gasteiger partial charge in [0.25, 0.3) is 0 Å². The molecule has 9 heteroatoms. The van der Waals surface area contributed by atoms with Crippen molar-refractivity contribution in [2.45, 2.75) is 6.42 Å². The van der Waals surface area contributed by atoms with Crippen molar-refractivity contribution in [3.05, 3.63) is 18.2 Å². The molecule has 0 bridgehead atoms. The average molecular weight is 352 g/mol. The number of amides is 3. The third-order valence-corrected chi connectivity index (χ3v) is 4.22. The monoisotopic (exact) mass is 351 g/mol. The summed E-state index contributed by atoms with van der Waals surface area (Å²) in [6.07, 6.45) is 0.298. The molecule has 3 heterocycles. The van der Waals surface area contributed by atoms with E-state index in [1.54, 1.807) is 6.07 Å². The van der Waals surface area contributed by atoms with E-state index in [-0.39, 0.29) is 18.3 Å². The first-order valence-electron chi connectivity index (χ1n) is 7.69. The van der Waals surface area contributed by atoms with Crippen LogP contribution in [0.1, 0.15) is 6.42 Å². The van der Waals surface area contributed by atoms with E-state index >= 15 is 0 Å². The SMILES string of the molecule is Cl.O=C1CCN(c2ccc3c(N4CCNCC4)noc3c2)C(=O)N1. The summed E-state index contributed by atoms with van der Waals surface area (Å²) in [4.78, 5) is 26.9. The number of piperazine rings is 1. The van der Waals surface area contributed by atoms with Crippen molar-refractivity contribution < 1.29 is 14.1 Å². The fourth-order valence-electron chi connectivity index (χ4n) is 3.00. The number of nitrogens with one attached hydrogen (secondary N) is 2. The molecule has 2 fully saturated rings. The maximum Gasteiger partial charge on any atom is 0.328 e. The van der Waals surface area contributed by atoms with Gasteiger partial charge in [-0.3, -0.25) is 15.0 Å². The van der Waals surface area contributed by atoms with Gasteiger partial charge in [0.15, 0.2) is 11.4 Å². The quantitative estimate of drug-likeness (QED) is 0.842. The van der Waals surface area contributed by atoms with Gasteiger partial charge >= 0.3 is 6.03 Å². The van der Waals surface area contributed by atoms with E-state index in [4.69, 9.17) is 4.52 Å². The predicted molar refractivity (Wildman–Crippen MR) is 91.8 cm³/mol. The Bertz CT molecular complexity index is 772. The number of imide groups is 1. The normalized spacial score (nSPS) is 18.5. The van der Waals surface area contributed by atoms with Crippen LogP contribution in [0.5, 0.6) is 0 Å². The number of hydrogen-bond donors (Lipinski definition) is 2. The average Bonchev–Trinajstić information content (AvgIpc) is 2.99. The van der Waals surface area contributed by atoms with Crippen molar-refractivity contribution in [3.8, 4) is 0 Å². The molecule has 0 atom stereocenters. The van der Waals surface area contributed by atoms with Crippen LogP contribution in [-0.4, -0.2) is 49.8 Å². The van der Waals surface area contributed by atoms with Crippen LogP contribution in [0.3, 0.4) is 0 Å². The van der Waals surface area contributed by atoms with E-state index in [1.165, 1.54) is 4.90 Å². The lowest BCUT2D eigenvalue weighted by Crippen LogP contribution is -2.49. The molecule has 2 aliphatic rings. The summed E-state index contributed by atoms with van der Waals surface area (Å²) >= 11 is 0. The Labute approximate surface area is 144 Å². The zero-order chi connectivity index (χ0) is 15.8. The number of carbonyl (C=O) groups excluding carboxylic acids is 2. The van der Waals surface area contributed by atoms with Gasteiger partial charge in [-0.05, 0) is 12.1 Å². The van der Waals surface area contributed by atoms with Crippen LogP contribution < -0.4 is 20.4 Å². The standard InChI is InChI=1S/C15H17N5O3.ClH/c21-13-3-6-20(15(22)17-13)10-1-2-11-12(9-10)23-18-14(11)19-7-4-16-5-8-19;/h1-2,9,16H,3-8H2,(H,17,21,22);1H. The summed E-state index contributed by atoms with van der Waals surface area (Å²) in [5.41, 5.74) is 1.34. The minimum absolute atomic E-state index is 0. The first-order chi connectivity index (χ1) is 11.2. The van der Waals surface area contributed by atoms with Crippen molar-refractivity contribution in [3.63, 3.8) is 0 Å². The predicted octanol–water partition coefficient (Wildman–Crippen LogP) is 1.11. The number of anilines is 2. The molecule has 1 aromatic carbocycles. The molecule has 24 heavy (non-hydrogen) atoms. The second-order valence-electron chi connectivity index (χ2n) is 5.68. The molecular weight excluding hydrogens is 334 g/mol. The number of halogens is 1. The molecule has 0 unspecified atom stereocenters. The molecule has 2 aliphatic heterocycles. The molecule has 0 spiro atoms. The van der Waals surface area contributed by atoms with Crippen LogP contribution in [0.2, 0.25) is 0 Å². The van der Waals surface area contributed by atoms with Crippen molar-refractivity contribution in [1.82, 2.24) is 15.8 Å². The van der Waals surface area contributed by atoms with Gasteiger partial charge in [0.05, 0.1) is 5.39 Å². The summed E-state index contributed by atoms with van der Waals surface area (Å²) in [7, 11) is 0. The zero-order valence-corrected chi connectivity index (χ0v) is 13.8. The minimum atomic E-state index is -0.401. The molecule has 2 N–H and O–H groups in total. The fourth-order valence-corrected chi connectivity index (χ4v) is 3.00. The molecule has 2 saturated heterocycles. The third kappa shape index (κ3) is 2.90. The summed E-state index contributed by atoms with van der Waals surface area (Å²) < 4.78 is 5.45. The molecule has 1 aromatic heterocycles. The summed E-state index contributed by atoms with van der Waals surface area (Å²) in [6.45, 7) is 4.00. The second kappa shape index (κ2) is 6.66. The van der Waals surface area contributed by atoms with Gasteiger partial charge in [-0.15, -0.1) is 12.4 Å². The second-order valence-corrected chi connectivity index (χ2v) is 5.68. The van der Waals surface area contributed by atoms with Gasteiger partial charge in [0.1, 0.15) is 0 Å². The summed E-state index contributed by atoms with van der Waals surface area (Å²) in [5.74, 6) is 0.597. The summed E-state index contributed by atoms with van der Waals surface area (Å²) in [5, 5.41) is 10.7. The molecule has 0 radical (unpaired) electrons. The van der Waals surface area contributed by atoms with Crippen LogP contribution >= 0.6 is 12.4 Å². The van der Waals surface area contributed by atoms with Gasteiger partial charge in [0.2, 0.25) is 5.91 Å². The van der Waals surface area contributed by atoms with Gasteiger partial charge in [-0.25, -0.2) is 4.79 Å². The maximum atomic E-state index is 11.9. The number of rotatable bonds is 2. The van der Waals surface area contributed by atoms with Crippen LogP contribution in [0.4, 0.5) is 16.3 Å². The Morgan fingerprint density at radius 3 is 2.67 bits per heavy atom. The van der Waals surface area contributed by atoms with E-state index in [2.05, 4.69) is 20.7 Å². The van der Waals surface area contributed by atoms with E-state index in [0.29, 0.717) is 24.2 Å². The molecule has 0 aliphatic carbocycles. The summed E-state index contributed by atoms with van der Waals surface area (Å²) in [6, 6.07) is 5.18. The highest BCUT2D eigenvalue weighted by molar-refractivity contribution is 6.06. The van der Waals surface area contributed by atoms with Crippen molar-refractivity contribution >= 4 is 46.8 Å². The highest BCUT2D eigenvalue weighted by Gasteiger charge is 2.25. The van der Waals surface area contributed by atoms with Crippen LogP contribution in [-0.2, 0) is 4.79 Å². The van der Waals surface area contributed by atoms with Crippen molar-refractivity contribution in [2.24, 2.45) is 0 Å². The smallest absolute Gasteiger partial charge is 0.328 e. The lowest BCUT2D eigenvalue weighted by Gasteiger charge is -2.27. The Balaban J connectivity index is 0.00000169. The molecule has 128 valence electrons. The molecule has 3 amide bonds. The van der Waals surface area contributed by atoms with E-state index < -0.39 is 6.03 Å². The van der Waals surface area contributed by atoms with Gasteiger partial charge in [-0.2, -0.15) is 0 Å².